The lowest BCUT2D eigenvalue weighted by atomic mass is 10.2. The summed E-state index contributed by atoms with van der Waals surface area (Å²) in [5.41, 5.74) is 7.53. The van der Waals surface area contributed by atoms with Crippen molar-refractivity contribution in [2.45, 2.75) is 10.6 Å². The zero-order valence-electron chi connectivity index (χ0n) is 9.29. The average Bonchev–Trinajstić information content (AvgIpc) is 2.33. The van der Waals surface area contributed by atoms with Crippen LogP contribution in [0.5, 0.6) is 0 Å². The van der Waals surface area contributed by atoms with E-state index in [1.807, 2.05) is 12.1 Å². The quantitative estimate of drug-likeness (QED) is 0.617. The highest BCUT2D eigenvalue weighted by atomic mass is 79.9. The van der Waals surface area contributed by atoms with Gasteiger partial charge in [0, 0.05) is 16.3 Å². The van der Waals surface area contributed by atoms with Crippen molar-refractivity contribution in [1.82, 2.24) is 0 Å². The first kappa shape index (κ1) is 13.7. The van der Waals surface area contributed by atoms with Crippen LogP contribution in [0.2, 0.25) is 5.02 Å². The van der Waals surface area contributed by atoms with E-state index in [-0.39, 0.29) is 5.82 Å². The summed E-state index contributed by atoms with van der Waals surface area (Å²) in [6, 6.07) is 10.4. The normalized spacial score (nSPS) is 10.6. The molecule has 0 aliphatic heterocycles. The molecule has 0 amide bonds. The molecular weight excluding hydrogens is 337 g/mol. The Hall–Kier alpha value is -0.710. The minimum atomic E-state index is -0.263. The molecule has 0 aromatic heterocycles. The van der Waals surface area contributed by atoms with Crippen molar-refractivity contribution in [3.63, 3.8) is 0 Å². The lowest BCUT2D eigenvalue weighted by Crippen LogP contribution is -1.90. The van der Waals surface area contributed by atoms with Gasteiger partial charge in [0.05, 0.1) is 9.50 Å². The van der Waals surface area contributed by atoms with Crippen molar-refractivity contribution >= 4 is 45.0 Å². The smallest absolute Gasteiger partial charge is 0.137 e. The standard InChI is InChI=1S/C13H10BrClFNS/c14-9-6-8(4-5-11(9)16)7-18-13-10(15)2-1-3-12(13)17/h1-6H,7,17H2. The Bertz CT molecular complexity index is 557. The first-order valence-corrected chi connectivity index (χ1v) is 7.34. The van der Waals surface area contributed by atoms with Gasteiger partial charge in [-0.2, -0.15) is 0 Å². The maximum atomic E-state index is 13.1. The van der Waals surface area contributed by atoms with Gasteiger partial charge in [0.25, 0.3) is 0 Å². The fraction of sp³-hybridized carbons (Fsp3) is 0.0769. The lowest BCUT2D eigenvalue weighted by molar-refractivity contribution is 0.620. The minimum Gasteiger partial charge on any atom is -0.398 e. The third kappa shape index (κ3) is 3.19. The maximum absolute atomic E-state index is 13.1. The number of nitrogen functional groups attached to an aromatic ring is 1. The highest BCUT2D eigenvalue weighted by molar-refractivity contribution is 9.10. The van der Waals surface area contributed by atoms with E-state index in [1.54, 1.807) is 30.0 Å². The van der Waals surface area contributed by atoms with Crippen LogP contribution < -0.4 is 5.73 Å². The van der Waals surface area contributed by atoms with E-state index in [2.05, 4.69) is 15.9 Å². The molecule has 0 unspecified atom stereocenters. The van der Waals surface area contributed by atoms with Gasteiger partial charge in [-0.15, -0.1) is 11.8 Å². The highest BCUT2D eigenvalue weighted by Crippen LogP contribution is 2.34. The summed E-state index contributed by atoms with van der Waals surface area (Å²) in [5, 5.41) is 0.640. The third-order valence-electron chi connectivity index (χ3n) is 2.36. The first-order valence-electron chi connectivity index (χ1n) is 5.18. The van der Waals surface area contributed by atoms with Crippen LogP contribution in [0, 0.1) is 5.82 Å². The Morgan fingerprint density at radius 3 is 2.72 bits per heavy atom. The average molecular weight is 347 g/mol. The Balaban J connectivity index is 2.14. The summed E-state index contributed by atoms with van der Waals surface area (Å²) in [6.07, 6.45) is 0. The van der Waals surface area contributed by atoms with Crippen LogP contribution in [-0.2, 0) is 5.75 Å². The predicted octanol–water partition coefficient (Wildman–Crippen LogP) is 5.12. The summed E-state index contributed by atoms with van der Waals surface area (Å²) in [7, 11) is 0. The molecular formula is C13H10BrClFNS. The van der Waals surface area contributed by atoms with Gasteiger partial charge >= 0.3 is 0 Å². The Morgan fingerprint density at radius 1 is 1.28 bits per heavy atom. The number of halogens is 3. The second kappa shape index (κ2) is 5.95. The van der Waals surface area contributed by atoms with Crippen molar-refractivity contribution in [2.75, 3.05) is 5.73 Å². The van der Waals surface area contributed by atoms with Crippen LogP contribution in [0.15, 0.2) is 45.8 Å². The molecule has 5 heteroatoms. The SMILES string of the molecule is Nc1cccc(Cl)c1SCc1ccc(F)c(Br)c1. The van der Waals surface area contributed by atoms with Gasteiger partial charge in [-0.3, -0.25) is 0 Å². The molecule has 1 nitrogen and oxygen atoms in total. The predicted molar refractivity (Wildman–Crippen MR) is 79.5 cm³/mol. The van der Waals surface area contributed by atoms with E-state index in [0.29, 0.717) is 20.9 Å². The third-order valence-corrected chi connectivity index (χ3v) is 4.62. The molecule has 94 valence electrons. The zero-order chi connectivity index (χ0) is 13.1. The largest absolute Gasteiger partial charge is 0.398 e. The number of rotatable bonds is 3. The molecule has 0 saturated carbocycles. The Morgan fingerprint density at radius 2 is 2.06 bits per heavy atom. The van der Waals surface area contributed by atoms with E-state index >= 15 is 0 Å². The number of anilines is 1. The fourth-order valence-corrected chi connectivity index (χ4v) is 3.17. The molecule has 0 radical (unpaired) electrons. The Kier molecular flexibility index (Phi) is 4.54. The van der Waals surface area contributed by atoms with Gasteiger partial charge in [-0.1, -0.05) is 23.7 Å². The van der Waals surface area contributed by atoms with Gasteiger partial charge in [0.1, 0.15) is 5.82 Å². The van der Waals surface area contributed by atoms with Crippen LogP contribution in [0.1, 0.15) is 5.56 Å². The van der Waals surface area contributed by atoms with Crippen molar-refractivity contribution in [3.8, 4) is 0 Å². The van der Waals surface area contributed by atoms with E-state index in [1.165, 1.54) is 6.07 Å². The topological polar surface area (TPSA) is 26.0 Å². The zero-order valence-corrected chi connectivity index (χ0v) is 12.4. The number of benzene rings is 2. The van der Waals surface area contributed by atoms with Gasteiger partial charge in [0.2, 0.25) is 0 Å². The van der Waals surface area contributed by atoms with Crippen LogP contribution >= 0.6 is 39.3 Å². The summed E-state index contributed by atoms with van der Waals surface area (Å²) < 4.78 is 13.6. The second-order valence-electron chi connectivity index (χ2n) is 3.70. The molecule has 0 saturated heterocycles. The molecule has 0 aliphatic rings. The highest BCUT2D eigenvalue weighted by Gasteiger charge is 2.06. The molecule has 2 rings (SSSR count). The molecule has 0 atom stereocenters. The van der Waals surface area contributed by atoms with Crippen molar-refractivity contribution in [1.29, 1.82) is 0 Å². The number of hydrogen-bond donors (Lipinski definition) is 1. The molecule has 2 aromatic rings. The molecule has 0 spiro atoms. The van der Waals surface area contributed by atoms with Crippen LogP contribution in [0.25, 0.3) is 0 Å². The molecule has 0 bridgehead atoms. The Labute approximate surface area is 123 Å². The summed E-state index contributed by atoms with van der Waals surface area (Å²) in [6.45, 7) is 0. The summed E-state index contributed by atoms with van der Waals surface area (Å²) in [5.74, 6) is 0.424. The fourth-order valence-electron chi connectivity index (χ4n) is 1.46. The van der Waals surface area contributed by atoms with Gasteiger partial charge in [-0.25, -0.2) is 4.39 Å². The van der Waals surface area contributed by atoms with E-state index in [4.69, 9.17) is 17.3 Å². The molecule has 18 heavy (non-hydrogen) atoms. The van der Waals surface area contributed by atoms with Crippen molar-refractivity contribution in [2.24, 2.45) is 0 Å². The molecule has 2 N–H and O–H groups in total. The van der Waals surface area contributed by atoms with Gasteiger partial charge < -0.3 is 5.73 Å². The van der Waals surface area contributed by atoms with Gasteiger partial charge in [0.15, 0.2) is 0 Å². The van der Waals surface area contributed by atoms with Crippen LogP contribution in [0.3, 0.4) is 0 Å². The number of hydrogen-bond acceptors (Lipinski definition) is 2. The van der Waals surface area contributed by atoms with E-state index in [0.717, 1.165) is 10.5 Å². The second-order valence-corrected chi connectivity index (χ2v) is 5.94. The lowest BCUT2D eigenvalue weighted by Gasteiger charge is -2.08. The van der Waals surface area contributed by atoms with Gasteiger partial charge in [-0.05, 0) is 45.8 Å². The number of nitrogens with two attached hydrogens (primary N) is 1. The molecule has 0 heterocycles. The molecule has 2 aromatic carbocycles. The summed E-state index contributed by atoms with van der Waals surface area (Å²) in [4.78, 5) is 0.861. The maximum Gasteiger partial charge on any atom is 0.137 e. The summed E-state index contributed by atoms with van der Waals surface area (Å²) >= 11 is 10.8. The molecule has 0 fully saturated rings. The first-order chi connectivity index (χ1) is 8.58. The van der Waals surface area contributed by atoms with E-state index in [9.17, 15) is 4.39 Å². The molecule has 0 aliphatic carbocycles. The van der Waals surface area contributed by atoms with Crippen LogP contribution in [0.4, 0.5) is 10.1 Å². The van der Waals surface area contributed by atoms with Crippen molar-refractivity contribution < 1.29 is 4.39 Å². The monoisotopic (exact) mass is 345 g/mol. The number of thioether (sulfide) groups is 1. The van der Waals surface area contributed by atoms with E-state index < -0.39 is 0 Å². The van der Waals surface area contributed by atoms with Crippen LogP contribution in [-0.4, -0.2) is 0 Å². The van der Waals surface area contributed by atoms with Crippen molar-refractivity contribution in [3.05, 3.63) is 57.3 Å². The minimum absolute atomic E-state index is 0.263.